The van der Waals surface area contributed by atoms with Gasteiger partial charge in [0, 0.05) is 19.2 Å². The molecule has 0 spiro atoms. The molecule has 0 saturated heterocycles. The summed E-state index contributed by atoms with van der Waals surface area (Å²) in [6.07, 6.45) is 3.81. The zero-order valence-electron chi connectivity index (χ0n) is 12.7. The van der Waals surface area contributed by atoms with Crippen molar-refractivity contribution in [3.8, 4) is 0 Å². The number of benzene rings is 1. The van der Waals surface area contributed by atoms with Crippen LogP contribution in [0.25, 0.3) is 11.1 Å². The van der Waals surface area contributed by atoms with Crippen LogP contribution in [-0.2, 0) is 17.1 Å². The fourth-order valence-electron chi connectivity index (χ4n) is 2.95. The van der Waals surface area contributed by atoms with E-state index in [-0.39, 0.29) is 16.5 Å². The van der Waals surface area contributed by atoms with Crippen molar-refractivity contribution in [1.82, 2.24) is 9.29 Å². The van der Waals surface area contributed by atoms with Crippen molar-refractivity contribution >= 4 is 21.1 Å². The van der Waals surface area contributed by atoms with Gasteiger partial charge in [0.2, 0.25) is 10.0 Å². The summed E-state index contributed by atoms with van der Waals surface area (Å²) < 4.78 is 34.1. The van der Waals surface area contributed by atoms with E-state index in [0.29, 0.717) is 11.4 Å². The van der Waals surface area contributed by atoms with Crippen molar-refractivity contribution in [2.24, 2.45) is 13.0 Å². The number of aromatic nitrogens is 1. The van der Waals surface area contributed by atoms with Gasteiger partial charge >= 0.3 is 5.76 Å². The molecule has 2 aromatic rings. The monoisotopic (exact) mass is 324 g/mol. The van der Waals surface area contributed by atoms with Crippen LogP contribution in [0.2, 0.25) is 0 Å². The lowest BCUT2D eigenvalue weighted by atomic mass is 9.88. The van der Waals surface area contributed by atoms with Crippen LogP contribution in [-0.4, -0.2) is 19.0 Å². The first-order chi connectivity index (χ1) is 10.4. The summed E-state index contributed by atoms with van der Waals surface area (Å²) in [6.45, 7) is 2.19. The number of hydrogen-bond donors (Lipinski definition) is 1. The Kier molecular flexibility index (Phi) is 3.86. The number of rotatable bonds is 3. The standard InChI is InChI=1S/C15H20N2O4S/c1-10-3-5-11(6-4-10)16-22(19,20)12-7-8-13-14(9-12)21-15(18)17(13)2/h7-11,16H,3-6H2,1-2H3. The topological polar surface area (TPSA) is 81.3 Å². The molecule has 1 N–H and O–H groups in total. The summed E-state index contributed by atoms with van der Waals surface area (Å²) in [5, 5.41) is 0. The molecule has 1 fully saturated rings. The van der Waals surface area contributed by atoms with Gasteiger partial charge in [-0.15, -0.1) is 0 Å². The summed E-state index contributed by atoms with van der Waals surface area (Å²) in [7, 11) is -2.01. The van der Waals surface area contributed by atoms with Crippen molar-refractivity contribution in [1.29, 1.82) is 0 Å². The molecular formula is C15H20N2O4S. The maximum Gasteiger partial charge on any atom is 0.419 e. The van der Waals surface area contributed by atoms with Crippen molar-refractivity contribution in [2.45, 2.75) is 43.5 Å². The molecule has 7 heteroatoms. The molecule has 0 atom stereocenters. The Labute approximate surface area is 129 Å². The highest BCUT2D eigenvalue weighted by atomic mass is 32.2. The van der Waals surface area contributed by atoms with Crippen molar-refractivity contribution in [2.75, 3.05) is 0 Å². The van der Waals surface area contributed by atoms with Crippen LogP contribution in [0.1, 0.15) is 32.6 Å². The van der Waals surface area contributed by atoms with Crippen LogP contribution in [0.3, 0.4) is 0 Å². The van der Waals surface area contributed by atoms with Crippen LogP contribution in [0.4, 0.5) is 0 Å². The SMILES string of the molecule is CC1CCC(NS(=O)(=O)c2ccc3c(c2)oc(=O)n3C)CC1. The van der Waals surface area contributed by atoms with E-state index in [2.05, 4.69) is 11.6 Å². The van der Waals surface area contributed by atoms with E-state index in [1.165, 1.54) is 16.7 Å². The molecular weight excluding hydrogens is 304 g/mol. The second kappa shape index (κ2) is 5.55. The fourth-order valence-corrected chi connectivity index (χ4v) is 4.27. The highest BCUT2D eigenvalue weighted by Gasteiger charge is 2.24. The number of oxazole rings is 1. The number of nitrogens with one attached hydrogen (secondary N) is 1. The van der Waals surface area contributed by atoms with E-state index in [0.717, 1.165) is 25.7 Å². The summed E-state index contributed by atoms with van der Waals surface area (Å²) in [5.74, 6) is 0.162. The molecule has 1 saturated carbocycles. The highest BCUT2D eigenvalue weighted by Crippen LogP contribution is 2.25. The smallest absolute Gasteiger partial charge is 0.408 e. The van der Waals surface area contributed by atoms with E-state index in [4.69, 9.17) is 4.42 Å². The Morgan fingerprint density at radius 2 is 1.91 bits per heavy atom. The first-order valence-corrected chi connectivity index (χ1v) is 8.97. The molecule has 1 aromatic heterocycles. The average Bonchev–Trinajstić information content (AvgIpc) is 2.76. The first kappa shape index (κ1) is 15.3. The van der Waals surface area contributed by atoms with Crippen molar-refractivity contribution in [3.63, 3.8) is 0 Å². The maximum absolute atomic E-state index is 12.5. The lowest BCUT2D eigenvalue weighted by molar-refractivity contribution is 0.332. The molecule has 3 rings (SSSR count). The van der Waals surface area contributed by atoms with E-state index in [1.54, 1.807) is 13.1 Å². The van der Waals surface area contributed by atoms with Gasteiger partial charge in [-0.1, -0.05) is 6.92 Å². The van der Waals surface area contributed by atoms with Crippen LogP contribution in [0, 0.1) is 5.92 Å². The molecule has 120 valence electrons. The van der Waals surface area contributed by atoms with E-state index in [9.17, 15) is 13.2 Å². The molecule has 0 radical (unpaired) electrons. The van der Waals surface area contributed by atoms with Crippen LogP contribution in [0.5, 0.6) is 0 Å². The molecule has 0 amide bonds. The van der Waals surface area contributed by atoms with Gasteiger partial charge in [0.1, 0.15) is 0 Å². The van der Waals surface area contributed by atoms with Crippen molar-refractivity contribution in [3.05, 3.63) is 28.7 Å². The second-order valence-electron chi connectivity index (χ2n) is 6.13. The van der Waals surface area contributed by atoms with Gasteiger partial charge in [-0.2, -0.15) is 0 Å². The van der Waals surface area contributed by atoms with Gasteiger partial charge in [-0.05, 0) is 43.7 Å². The molecule has 0 bridgehead atoms. The third kappa shape index (κ3) is 2.83. The summed E-state index contributed by atoms with van der Waals surface area (Å²) in [5.41, 5.74) is 0.864. The molecule has 22 heavy (non-hydrogen) atoms. The number of sulfonamides is 1. The van der Waals surface area contributed by atoms with Gasteiger partial charge in [-0.25, -0.2) is 17.9 Å². The van der Waals surface area contributed by atoms with Gasteiger partial charge in [0.25, 0.3) is 0 Å². The maximum atomic E-state index is 12.5. The zero-order valence-corrected chi connectivity index (χ0v) is 13.5. The lowest BCUT2D eigenvalue weighted by Gasteiger charge is -2.26. The molecule has 1 aliphatic carbocycles. The predicted molar refractivity (Wildman–Crippen MR) is 83.2 cm³/mol. The minimum Gasteiger partial charge on any atom is -0.408 e. The minimum absolute atomic E-state index is 0.0142. The highest BCUT2D eigenvalue weighted by molar-refractivity contribution is 7.89. The van der Waals surface area contributed by atoms with Gasteiger partial charge < -0.3 is 4.42 Å². The average molecular weight is 324 g/mol. The van der Waals surface area contributed by atoms with Gasteiger partial charge in [0.05, 0.1) is 10.4 Å². The largest absolute Gasteiger partial charge is 0.419 e. The summed E-state index contributed by atoms with van der Waals surface area (Å²) in [6, 6.07) is 4.49. The number of hydrogen-bond acceptors (Lipinski definition) is 4. The van der Waals surface area contributed by atoms with Crippen molar-refractivity contribution < 1.29 is 12.8 Å². The fraction of sp³-hybridized carbons (Fsp3) is 0.533. The normalized spacial score (nSPS) is 23.0. The van der Waals surface area contributed by atoms with E-state index >= 15 is 0 Å². The Balaban J connectivity index is 1.87. The first-order valence-electron chi connectivity index (χ1n) is 7.49. The predicted octanol–water partition coefficient (Wildman–Crippen LogP) is 1.99. The Morgan fingerprint density at radius 1 is 1.23 bits per heavy atom. The van der Waals surface area contributed by atoms with Gasteiger partial charge in [-0.3, -0.25) is 4.57 Å². The molecule has 1 aromatic carbocycles. The number of nitrogens with zero attached hydrogens (tertiary/aromatic N) is 1. The third-order valence-corrected chi connectivity index (χ3v) is 5.93. The summed E-state index contributed by atoms with van der Waals surface area (Å²) >= 11 is 0. The van der Waals surface area contributed by atoms with Crippen LogP contribution >= 0.6 is 0 Å². The number of fused-ring (bicyclic) bond motifs is 1. The van der Waals surface area contributed by atoms with E-state index < -0.39 is 15.8 Å². The molecule has 0 unspecified atom stereocenters. The molecule has 6 nitrogen and oxygen atoms in total. The minimum atomic E-state index is -3.59. The lowest BCUT2D eigenvalue weighted by Crippen LogP contribution is -2.37. The Hall–Kier alpha value is -1.60. The molecule has 1 heterocycles. The summed E-state index contributed by atoms with van der Waals surface area (Å²) in [4.78, 5) is 11.6. The molecule has 0 aliphatic heterocycles. The van der Waals surface area contributed by atoms with Crippen LogP contribution in [0.15, 0.2) is 32.3 Å². The second-order valence-corrected chi connectivity index (χ2v) is 7.85. The quantitative estimate of drug-likeness (QED) is 0.936. The molecule has 1 aliphatic rings. The van der Waals surface area contributed by atoms with E-state index in [1.807, 2.05) is 0 Å². The van der Waals surface area contributed by atoms with Gasteiger partial charge in [0.15, 0.2) is 5.58 Å². The number of aryl methyl sites for hydroxylation is 1. The Bertz CT molecular complexity index is 842. The zero-order chi connectivity index (χ0) is 15.9. The third-order valence-electron chi connectivity index (χ3n) is 4.41. The Morgan fingerprint density at radius 3 is 2.59 bits per heavy atom. The van der Waals surface area contributed by atoms with Crippen LogP contribution < -0.4 is 10.5 Å².